The van der Waals surface area contributed by atoms with Gasteiger partial charge in [-0.25, -0.2) is 16.8 Å². The number of benzene rings is 2. The van der Waals surface area contributed by atoms with Crippen molar-refractivity contribution in [3.05, 3.63) is 66.1 Å². The normalized spacial score (nSPS) is 19.7. The van der Waals surface area contributed by atoms with Crippen LogP contribution in [0.2, 0.25) is 0 Å². The summed E-state index contributed by atoms with van der Waals surface area (Å²) < 4.78 is 47.3. The molecule has 2 aliphatic heterocycles. The largest absolute Gasteiger partial charge is 0.497 e. The first-order valence-corrected chi connectivity index (χ1v) is 11.5. The monoisotopic (exact) mass is 426 g/mol. The van der Waals surface area contributed by atoms with Gasteiger partial charge in [-0.2, -0.15) is 0 Å². The van der Waals surface area contributed by atoms with Crippen LogP contribution in [-0.4, -0.2) is 43.5 Å². The van der Waals surface area contributed by atoms with Crippen LogP contribution in [0.4, 0.5) is 4.39 Å². The van der Waals surface area contributed by atoms with E-state index in [9.17, 15) is 12.8 Å². The summed E-state index contributed by atoms with van der Waals surface area (Å²) in [5.74, 6) is 0.213. The van der Waals surface area contributed by atoms with E-state index < -0.39 is 10.0 Å². The third kappa shape index (κ3) is 3.13. The summed E-state index contributed by atoms with van der Waals surface area (Å²) in [5.41, 5.74) is 2.38. The van der Waals surface area contributed by atoms with Crippen molar-refractivity contribution in [3.8, 4) is 5.75 Å². The van der Waals surface area contributed by atoms with E-state index >= 15 is 0 Å². The zero-order valence-electron chi connectivity index (χ0n) is 16.7. The van der Waals surface area contributed by atoms with Crippen molar-refractivity contribution >= 4 is 26.5 Å². The van der Waals surface area contributed by atoms with Gasteiger partial charge in [-0.3, -0.25) is 4.90 Å². The molecule has 5 rings (SSSR count). The van der Waals surface area contributed by atoms with Crippen molar-refractivity contribution in [2.45, 2.75) is 30.2 Å². The quantitative estimate of drug-likeness (QED) is 0.625. The van der Waals surface area contributed by atoms with Crippen LogP contribution in [0, 0.1) is 5.82 Å². The maximum atomic E-state index is 14.1. The summed E-state index contributed by atoms with van der Waals surface area (Å²) in [6.07, 6.45) is 7.01. The van der Waals surface area contributed by atoms with Gasteiger partial charge in [-0.05, 0) is 73.8 Å². The Labute approximate surface area is 175 Å². The van der Waals surface area contributed by atoms with E-state index in [-0.39, 0.29) is 10.7 Å². The number of rotatable bonds is 4. The number of halogens is 1. The number of methoxy groups -OCH3 is 1. The summed E-state index contributed by atoms with van der Waals surface area (Å²) in [6.45, 7) is 1.96. The van der Waals surface area contributed by atoms with Crippen molar-refractivity contribution in [2.24, 2.45) is 0 Å². The topological polar surface area (TPSA) is 51.5 Å². The molecule has 0 bridgehead atoms. The van der Waals surface area contributed by atoms with Crippen LogP contribution in [0.1, 0.15) is 24.8 Å². The Morgan fingerprint density at radius 1 is 1.13 bits per heavy atom. The molecule has 2 aliphatic rings. The molecule has 1 saturated heterocycles. The Hall–Kier alpha value is -2.64. The fourth-order valence-electron chi connectivity index (χ4n) is 4.64. The smallest absolute Gasteiger partial charge is 0.268 e. The molecule has 0 aliphatic carbocycles. The third-order valence-electron chi connectivity index (χ3n) is 6.22. The molecule has 0 amide bonds. The first kappa shape index (κ1) is 19.3. The fraction of sp³-hybridized carbons (Fsp3) is 0.304. The molecule has 0 N–H and O–H groups in total. The molecular formula is C23H23FN2O3S. The maximum absolute atomic E-state index is 14.1. The molecule has 156 valence electrons. The first-order chi connectivity index (χ1) is 14.5. The van der Waals surface area contributed by atoms with Gasteiger partial charge in [0, 0.05) is 29.7 Å². The Bertz CT molecular complexity index is 1250. The molecule has 0 radical (unpaired) electrons. The minimum absolute atomic E-state index is 0.163. The van der Waals surface area contributed by atoms with Gasteiger partial charge in [-0.1, -0.05) is 6.08 Å². The highest BCUT2D eigenvalue weighted by Crippen LogP contribution is 2.37. The summed E-state index contributed by atoms with van der Waals surface area (Å²) in [4.78, 5) is 2.62. The van der Waals surface area contributed by atoms with E-state index in [2.05, 4.69) is 11.0 Å². The Kier molecular flexibility index (Phi) is 4.67. The van der Waals surface area contributed by atoms with Crippen LogP contribution < -0.4 is 4.74 Å². The minimum Gasteiger partial charge on any atom is -0.497 e. The average molecular weight is 427 g/mol. The van der Waals surface area contributed by atoms with Crippen LogP contribution >= 0.6 is 0 Å². The summed E-state index contributed by atoms with van der Waals surface area (Å²) in [6, 6.07) is 11.1. The van der Waals surface area contributed by atoms with Gasteiger partial charge in [0.15, 0.2) is 0 Å². The van der Waals surface area contributed by atoms with Crippen LogP contribution in [0.15, 0.2) is 59.6 Å². The van der Waals surface area contributed by atoms with Gasteiger partial charge in [0.1, 0.15) is 11.6 Å². The lowest BCUT2D eigenvalue weighted by atomic mass is 9.94. The van der Waals surface area contributed by atoms with Gasteiger partial charge in [0.05, 0.1) is 17.5 Å². The fourth-order valence-corrected chi connectivity index (χ4v) is 6.01. The zero-order chi connectivity index (χ0) is 20.9. The van der Waals surface area contributed by atoms with Gasteiger partial charge in [0.2, 0.25) is 0 Å². The number of fused-ring (bicyclic) bond motifs is 2. The summed E-state index contributed by atoms with van der Waals surface area (Å²) in [5, 5.41) is 0.629. The van der Waals surface area contributed by atoms with Gasteiger partial charge >= 0.3 is 0 Å². The lowest BCUT2D eigenvalue weighted by Gasteiger charge is -2.29. The maximum Gasteiger partial charge on any atom is 0.268 e. The molecule has 7 heteroatoms. The first-order valence-electron chi connectivity index (χ1n) is 10.1. The van der Waals surface area contributed by atoms with E-state index in [1.165, 1.54) is 41.8 Å². The third-order valence-corrected chi connectivity index (χ3v) is 7.91. The van der Waals surface area contributed by atoms with Crippen molar-refractivity contribution in [2.75, 3.05) is 20.2 Å². The molecule has 0 saturated carbocycles. The molecule has 3 heterocycles. The van der Waals surface area contributed by atoms with Crippen molar-refractivity contribution in [3.63, 3.8) is 0 Å². The van der Waals surface area contributed by atoms with Crippen molar-refractivity contribution < 1.29 is 17.5 Å². The van der Waals surface area contributed by atoms with Crippen LogP contribution in [-0.2, 0) is 10.0 Å². The second-order valence-electron chi connectivity index (χ2n) is 7.91. The predicted octanol–water partition coefficient (Wildman–Crippen LogP) is 4.28. The van der Waals surface area contributed by atoms with Gasteiger partial charge in [-0.15, -0.1) is 0 Å². The summed E-state index contributed by atoms with van der Waals surface area (Å²) in [7, 11) is -2.30. The molecule has 2 aromatic carbocycles. The van der Waals surface area contributed by atoms with E-state index in [1.807, 2.05) is 0 Å². The SMILES string of the molecule is COc1ccc(S(=O)(=O)n2cc(C3=CCN4CCC[C@H]4C3)c3cc(F)ccc32)cc1. The van der Waals surface area contributed by atoms with E-state index in [1.54, 1.807) is 24.4 Å². The number of nitrogens with zero attached hydrogens (tertiary/aromatic N) is 2. The highest BCUT2D eigenvalue weighted by Gasteiger charge is 2.30. The van der Waals surface area contributed by atoms with Crippen LogP contribution in [0.25, 0.3) is 16.5 Å². The highest BCUT2D eigenvalue weighted by atomic mass is 32.2. The highest BCUT2D eigenvalue weighted by molar-refractivity contribution is 7.90. The Balaban J connectivity index is 1.64. The van der Waals surface area contributed by atoms with Crippen molar-refractivity contribution in [1.29, 1.82) is 0 Å². The predicted molar refractivity (Wildman–Crippen MR) is 115 cm³/mol. The number of ether oxygens (including phenoxy) is 1. The summed E-state index contributed by atoms with van der Waals surface area (Å²) >= 11 is 0. The number of hydrogen-bond donors (Lipinski definition) is 0. The van der Waals surface area contributed by atoms with Crippen molar-refractivity contribution in [1.82, 2.24) is 8.87 Å². The standard InChI is InChI=1S/C23H23FN2O3S/c1-29-19-5-7-20(8-6-19)30(27,28)26-15-22(21-14-17(24)4-9-23(21)26)16-10-12-25-11-2-3-18(25)13-16/h4-10,14-15,18H,2-3,11-13H2,1H3/t18-/m0/s1. The number of aromatic nitrogens is 1. The van der Waals surface area contributed by atoms with E-state index in [4.69, 9.17) is 4.74 Å². The van der Waals surface area contributed by atoms with Crippen LogP contribution in [0.5, 0.6) is 5.75 Å². The van der Waals surface area contributed by atoms with Crippen LogP contribution in [0.3, 0.4) is 0 Å². The Morgan fingerprint density at radius 2 is 1.93 bits per heavy atom. The number of hydrogen-bond acceptors (Lipinski definition) is 4. The molecule has 3 aromatic rings. The molecule has 1 atom stereocenters. The van der Waals surface area contributed by atoms with Gasteiger partial charge < -0.3 is 4.74 Å². The lowest BCUT2D eigenvalue weighted by Crippen LogP contribution is -2.32. The molecule has 1 aromatic heterocycles. The van der Waals surface area contributed by atoms with Gasteiger partial charge in [0.25, 0.3) is 10.0 Å². The zero-order valence-corrected chi connectivity index (χ0v) is 17.5. The second-order valence-corrected chi connectivity index (χ2v) is 9.72. The molecule has 1 fully saturated rings. The average Bonchev–Trinajstić information content (AvgIpc) is 3.37. The lowest BCUT2D eigenvalue weighted by molar-refractivity contribution is 0.275. The molecule has 0 unspecified atom stereocenters. The molecular weight excluding hydrogens is 403 g/mol. The second kappa shape index (κ2) is 7.25. The van der Waals surface area contributed by atoms with E-state index in [0.717, 1.165) is 37.1 Å². The van der Waals surface area contributed by atoms with E-state index in [0.29, 0.717) is 22.7 Å². The minimum atomic E-state index is -3.84. The molecule has 0 spiro atoms. The molecule has 5 nitrogen and oxygen atoms in total. The Morgan fingerprint density at radius 3 is 2.70 bits per heavy atom. The molecule has 30 heavy (non-hydrogen) atoms.